The fraction of sp³-hybridized carbons (Fsp3) is 0.304. The first kappa shape index (κ1) is 57.8. The van der Waals surface area contributed by atoms with Crippen molar-refractivity contribution in [1.29, 1.82) is 0 Å². The van der Waals surface area contributed by atoms with E-state index in [4.69, 9.17) is 0 Å². The number of nitrogens with one attached hydrogen (secondary N) is 1. The fourth-order valence-electron chi connectivity index (χ4n) is 12.6. The van der Waals surface area contributed by atoms with Crippen LogP contribution in [-0.2, 0) is 40.6 Å². The molecule has 0 spiro atoms. The number of phenols is 2. The highest BCUT2D eigenvalue weighted by Gasteiger charge is 2.47. The van der Waals surface area contributed by atoms with Crippen molar-refractivity contribution in [3.63, 3.8) is 0 Å². The summed E-state index contributed by atoms with van der Waals surface area (Å²) in [6.45, 7) is 7.84. The van der Waals surface area contributed by atoms with Gasteiger partial charge in [-0.15, -0.1) is 0 Å². The van der Waals surface area contributed by atoms with Gasteiger partial charge in [0.2, 0.25) is 0 Å². The molecule has 8 aromatic rings. The fourth-order valence-corrected chi connectivity index (χ4v) is 13.4. The summed E-state index contributed by atoms with van der Waals surface area (Å²) < 4.78 is 0. The van der Waals surface area contributed by atoms with E-state index < -0.39 is 16.8 Å². The molecule has 6 N–H and O–H groups in total. The number of hydrogen-bond donors (Lipinski definition) is 6. The molecule has 0 saturated carbocycles. The Labute approximate surface area is 484 Å². The van der Waals surface area contributed by atoms with Gasteiger partial charge < -0.3 is 30.8 Å². The molecule has 79 heavy (non-hydrogen) atoms. The van der Waals surface area contributed by atoms with Crippen LogP contribution in [0.15, 0.2) is 206 Å². The van der Waals surface area contributed by atoms with E-state index in [1.165, 1.54) is 5.56 Å². The van der Waals surface area contributed by atoms with Gasteiger partial charge in [-0.05, 0) is 105 Å². The molecule has 3 aliphatic heterocycles. The number of halogens is 2. The number of aryl methyl sites for hydroxylation is 2. The minimum absolute atomic E-state index is 0.0808. The number of aromatic hydroxyl groups is 2. The van der Waals surface area contributed by atoms with Crippen LogP contribution in [0, 0.1) is 13.8 Å². The molecular formula is C69H75Br2N3O5. The molecule has 10 heteroatoms. The van der Waals surface area contributed by atoms with Gasteiger partial charge in [-0.1, -0.05) is 249 Å². The number of hydrogen-bond acceptors (Lipinski definition) is 8. The number of rotatable bonds is 15. The van der Waals surface area contributed by atoms with E-state index in [1.54, 1.807) is 0 Å². The Balaban J connectivity index is 0.000000198. The van der Waals surface area contributed by atoms with Gasteiger partial charge in [0.25, 0.3) is 0 Å². The molecule has 3 aliphatic rings. The number of nitrogens with zero attached hydrogens (tertiary/aromatic N) is 2. The van der Waals surface area contributed by atoms with Crippen molar-refractivity contribution < 1.29 is 25.5 Å². The van der Waals surface area contributed by atoms with E-state index >= 15 is 0 Å². The Morgan fingerprint density at radius 2 is 0.709 bits per heavy atom. The highest BCUT2D eigenvalue weighted by Crippen LogP contribution is 2.44. The molecule has 3 fully saturated rings. The van der Waals surface area contributed by atoms with Crippen molar-refractivity contribution in [2.45, 2.75) is 111 Å². The number of likely N-dealkylation sites (tertiary alicyclic amines) is 2. The summed E-state index contributed by atoms with van der Waals surface area (Å²) in [5, 5.41) is 63.0. The van der Waals surface area contributed by atoms with Gasteiger partial charge in [-0.3, -0.25) is 9.80 Å². The van der Waals surface area contributed by atoms with Crippen molar-refractivity contribution in [3.8, 4) is 11.5 Å². The lowest BCUT2D eigenvalue weighted by molar-refractivity contribution is -0.00734. The van der Waals surface area contributed by atoms with Gasteiger partial charge >= 0.3 is 0 Å². The van der Waals surface area contributed by atoms with Gasteiger partial charge in [0.15, 0.2) is 0 Å². The zero-order valence-corrected chi connectivity index (χ0v) is 48.6. The molecule has 0 amide bonds. The lowest BCUT2D eigenvalue weighted by Gasteiger charge is -2.41. The third kappa shape index (κ3) is 12.7. The van der Waals surface area contributed by atoms with Crippen LogP contribution in [0.1, 0.15) is 105 Å². The Morgan fingerprint density at radius 3 is 1.00 bits per heavy atom. The van der Waals surface area contributed by atoms with Crippen LogP contribution in [-0.4, -0.2) is 73.1 Å². The lowest BCUT2D eigenvalue weighted by atomic mass is 9.79. The first-order valence-corrected chi connectivity index (χ1v) is 30.1. The first-order chi connectivity index (χ1) is 38.4. The van der Waals surface area contributed by atoms with Gasteiger partial charge in [-0.25, -0.2) is 0 Å². The molecule has 3 saturated heterocycles. The van der Waals surface area contributed by atoms with Crippen molar-refractivity contribution >= 4 is 31.9 Å². The second kappa shape index (κ2) is 26.6. The summed E-state index contributed by atoms with van der Waals surface area (Å²) in [4.78, 5) is 4.70. The summed E-state index contributed by atoms with van der Waals surface area (Å²) in [5.74, 6) is 0.706. The maximum atomic E-state index is 12.6. The zero-order chi connectivity index (χ0) is 55.4. The Kier molecular flexibility index (Phi) is 19.4. The van der Waals surface area contributed by atoms with E-state index in [0.717, 1.165) is 119 Å². The van der Waals surface area contributed by atoms with Crippen LogP contribution in [0.2, 0.25) is 0 Å². The molecule has 8 aromatic carbocycles. The Hall–Kier alpha value is -5.92. The van der Waals surface area contributed by atoms with Crippen LogP contribution in [0.3, 0.4) is 0 Å². The monoisotopic (exact) mass is 1180 g/mol. The summed E-state index contributed by atoms with van der Waals surface area (Å²) in [5.41, 5.74) is 8.02. The molecule has 0 unspecified atom stereocenters. The number of alkyl halides is 2. The molecule has 410 valence electrons. The molecule has 3 heterocycles. The quantitative estimate of drug-likeness (QED) is 0.0562. The lowest BCUT2D eigenvalue weighted by Crippen LogP contribution is -2.48. The third-order valence-electron chi connectivity index (χ3n) is 16.4. The van der Waals surface area contributed by atoms with Crippen LogP contribution < -0.4 is 5.32 Å². The topological polar surface area (TPSA) is 120 Å². The van der Waals surface area contributed by atoms with Crippen molar-refractivity contribution in [1.82, 2.24) is 15.1 Å². The molecule has 0 aromatic heterocycles. The average molecular weight is 1190 g/mol. The van der Waals surface area contributed by atoms with Gasteiger partial charge in [-0.2, -0.15) is 0 Å². The second-order valence-corrected chi connectivity index (χ2v) is 22.7. The number of phenolic OH excluding ortho intramolecular Hbond substituents is 2. The van der Waals surface area contributed by atoms with Crippen molar-refractivity contribution in [2.75, 3.05) is 19.6 Å². The van der Waals surface area contributed by atoms with Gasteiger partial charge in [0.1, 0.15) is 28.3 Å². The minimum atomic E-state index is -1.19. The van der Waals surface area contributed by atoms with E-state index in [0.29, 0.717) is 35.2 Å². The molecule has 0 aliphatic carbocycles. The molecule has 8 nitrogen and oxygen atoms in total. The van der Waals surface area contributed by atoms with Gasteiger partial charge in [0.05, 0.1) is 0 Å². The molecular weight excluding hydrogens is 1110 g/mol. The molecule has 0 radical (unpaired) electrons. The van der Waals surface area contributed by atoms with Crippen LogP contribution in [0.25, 0.3) is 0 Å². The van der Waals surface area contributed by atoms with Gasteiger partial charge in [0, 0.05) is 64.1 Å². The largest absolute Gasteiger partial charge is 0.507 e. The molecule has 11 rings (SSSR count). The number of aliphatic hydroxyl groups is 3. The van der Waals surface area contributed by atoms with E-state index in [1.807, 2.05) is 201 Å². The highest BCUT2D eigenvalue weighted by atomic mass is 79.9. The smallest absolute Gasteiger partial charge is 0.130 e. The van der Waals surface area contributed by atoms with E-state index in [2.05, 4.69) is 66.0 Å². The van der Waals surface area contributed by atoms with Crippen LogP contribution in [0.5, 0.6) is 11.5 Å². The summed E-state index contributed by atoms with van der Waals surface area (Å²) >= 11 is 6.66. The minimum Gasteiger partial charge on any atom is -0.507 e. The highest BCUT2D eigenvalue weighted by molar-refractivity contribution is 9.08. The van der Waals surface area contributed by atoms with Crippen molar-refractivity contribution in [3.05, 3.63) is 273 Å². The Bertz CT molecular complexity index is 2890. The van der Waals surface area contributed by atoms with E-state index in [-0.39, 0.29) is 18.1 Å². The first-order valence-electron chi connectivity index (χ1n) is 27.9. The third-order valence-corrected chi connectivity index (χ3v) is 17.6. The van der Waals surface area contributed by atoms with Crippen LogP contribution >= 0.6 is 31.9 Å². The maximum Gasteiger partial charge on any atom is 0.130 e. The summed E-state index contributed by atoms with van der Waals surface area (Å²) in [6.07, 6.45) is 5.77. The molecule has 3 atom stereocenters. The maximum absolute atomic E-state index is 12.6. The summed E-state index contributed by atoms with van der Waals surface area (Å²) in [7, 11) is 0. The zero-order valence-electron chi connectivity index (χ0n) is 45.4. The predicted molar refractivity (Wildman–Crippen MR) is 326 cm³/mol. The second-order valence-electron chi connectivity index (χ2n) is 21.5. The standard InChI is InChI=1S/C43H46N2O3.C17H19NO.C9H10Br2O/c1-32-28-33(30-44-26-14-24-39(44)42(47,35-16-6-2-7-17-35)36-18-8-3-9-19-36)41(46)34(29-32)31-45-27-15-25-40(45)43(48,37-20-10-4-11-21-37)38-22-12-5-13-23-38;19-17(16-12-7-13-18-16,14-8-3-1-4-9-14)15-10-5-2-6-11-15;1-6-2-7(4-10)9(12)8(3-6)5-11/h2-13,16-23,28-29,39-40,46-48H,14-15,24-27,30-31H2,1H3;1-6,8-11,16,18-19H,7,12-13H2;2-3,12H,4-5H2,1H3/t39-,40-;16-;/m00./s1. The van der Waals surface area contributed by atoms with Crippen LogP contribution in [0.4, 0.5) is 0 Å². The average Bonchev–Trinajstić information content (AvgIpc) is 4.52. The molecule has 0 bridgehead atoms. The van der Waals surface area contributed by atoms with E-state index in [9.17, 15) is 25.5 Å². The SMILES string of the molecule is Cc1cc(CBr)c(O)c(CBr)c1.Cc1cc(CN2CCC[C@H]2C(O)(c2ccccc2)c2ccccc2)c(O)c(CN2CCC[C@H]2C(O)(c2ccccc2)c2ccccc2)c1.OC(c1ccccc1)(c1ccccc1)[C@@H]1CCCN1. The predicted octanol–water partition coefficient (Wildman–Crippen LogP) is 13.7. The van der Waals surface area contributed by atoms with Crippen molar-refractivity contribution in [2.24, 2.45) is 0 Å². The Morgan fingerprint density at radius 1 is 0.418 bits per heavy atom. The normalized spacial score (nSPS) is 17.9. The summed E-state index contributed by atoms with van der Waals surface area (Å²) in [6, 6.07) is 67.8. The number of benzene rings is 8.